The van der Waals surface area contributed by atoms with Crippen LogP contribution in [0.15, 0.2) is 66.7 Å². The van der Waals surface area contributed by atoms with Crippen LogP contribution < -0.4 is 0 Å². The Balaban J connectivity index is 0.000000517. The fourth-order valence-corrected chi connectivity index (χ4v) is 4.54. The van der Waals surface area contributed by atoms with E-state index in [-0.39, 0.29) is 6.61 Å². The number of H-pyrrole nitrogens is 1. The largest absolute Gasteiger partial charge is 0.490 e. The van der Waals surface area contributed by atoms with Crippen molar-refractivity contribution in [1.82, 2.24) is 19.8 Å². The number of piperazine rings is 1. The Hall–Kier alpha value is -3.94. The third-order valence-electron chi connectivity index (χ3n) is 6.76. The van der Waals surface area contributed by atoms with E-state index in [0.29, 0.717) is 16.9 Å². The van der Waals surface area contributed by atoms with Gasteiger partial charge in [0.05, 0.1) is 23.2 Å². The molecule has 5 rings (SSSR count). The summed E-state index contributed by atoms with van der Waals surface area (Å²) >= 11 is 0. The van der Waals surface area contributed by atoms with E-state index in [1.54, 1.807) is 0 Å². The van der Waals surface area contributed by atoms with Crippen LogP contribution in [-0.2, 0) is 17.5 Å². The fraction of sp³-hybridized carbons (Fsp3) is 0.310. The lowest BCUT2D eigenvalue weighted by Crippen LogP contribution is -2.46. The van der Waals surface area contributed by atoms with E-state index in [9.17, 15) is 26.3 Å². The lowest BCUT2D eigenvalue weighted by Gasteiger charge is -2.34. The standard InChI is InChI=1S/C27H27F3N4O.C2HF3O2/c28-27(29,30)23-8-9-24-25(17-23)32-26(31-24)22-3-1-2-21(16-22)20-6-4-19(5-7-20)18-34-12-10-33(11-13-34)14-15-35;3-2(4,5)1(6)7/h1-9,16-17,35H,10-15,18H2,(H,31,32);(H,6,7). The number of aromatic nitrogens is 2. The van der Waals surface area contributed by atoms with Crippen molar-refractivity contribution in [3.05, 3.63) is 77.9 Å². The van der Waals surface area contributed by atoms with E-state index in [2.05, 4.69) is 44.0 Å². The molecule has 0 saturated carbocycles. The summed E-state index contributed by atoms with van der Waals surface area (Å²) in [5, 5.41) is 16.2. The summed E-state index contributed by atoms with van der Waals surface area (Å²) < 4.78 is 70.9. The van der Waals surface area contributed by atoms with Gasteiger partial charge >= 0.3 is 18.3 Å². The average Bonchev–Trinajstić information content (AvgIpc) is 3.38. The first kappa shape index (κ1) is 31.0. The Morgan fingerprint density at radius 2 is 1.45 bits per heavy atom. The number of hydrogen-bond donors (Lipinski definition) is 3. The second kappa shape index (κ2) is 12.9. The molecule has 1 saturated heterocycles. The van der Waals surface area contributed by atoms with Crippen LogP contribution in [0.5, 0.6) is 0 Å². The lowest BCUT2D eigenvalue weighted by molar-refractivity contribution is -0.192. The summed E-state index contributed by atoms with van der Waals surface area (Å²) in [6.07, 6.45) is -9.47. The SMILES string of the molecule is O=C(O)C(F)(F)F.OCCN1CCN(Cc2ccc(-c3cccc(-c4nc5ccc(C(F)(F)F)cc5[nH]4)c3)cc2)CC1. The molecule has 0 bridgehead atoms. The number of aromatic amines is 1. The number of aliphatic carboxylic acids is 1. The monoisotopic (exact) mass is 594 g/mol. The first-order valence-corrected chi connectivity index (χ1v) is 13.0. The Morgan fingerprint density at radius 1 is 0.833 bits per heavy atom. The molecule has 1 fully saturated rings. The van der Waals surface area contributed by atoms with Crippen molar-refractivity contribution in [3.8, 4) is 22.5 Å². The van der Waals surface area contributed by atoms with Gasteiger partial charge < -0.3 is 15.2 Å². The number of carbonyl (C=O) groups is 1. The number of aliphatic hydroxyl groups excluding tert-OH is 1. The summed E-state index contributed by atoms with van der Waals surface area (Å²) in [5.41, 5.74) is 4.32. The molecule has 1 aliphatic rings. The van der Waals surface area contributed by atoms with E-state index >= 15 is 0 Å². The molecule has 42 heavy (non-hydrogen) atoms. The molecule has 0 radical (unpaired) electrons. The van der Waals surface area contributed by atoms with Crippen LogP contribution in [0.4, 0.5) is 26.3 Å². The summed E-state index contributed by atoms with van der Waals surface area (Å²) in [6, 6.07) is 19.9. The van der Waals surface area contributed by atoms with E-state index in [1.165, 1.54) is 11.6 Å². The summed E-state index contributed by atoms with van der Waals surface area (Å²) in [5.74, 6) is -2.22. The molecule has 0 spiro atoms. The molecule has 224 valence electrons. The highest BCUT2D eigenvalue weighted by molar-refractivity contribution is 5.81. The van der Waals surface area contributed by atoms with Gasteiger partial charge in [0.15, 0.2) is 0 Å². The first-order chi connectivity index (χ1) is 19.8. The molecule has 2 heterocycles. The molecule has 0 unspecified atom stereocenters. The molecule has 4 aromatic rings. The molecule has 0 aliphatic carbocycles. The minimum atomic E-state index is -5.08. The van der Waals surface area contributed by atoms with Gasteiger partial charge in [-0.1, -0.05) is 42.5 Å². The maximum absolute atomic E-state index is 13.0. The molecule has 13 heteroatoms. The molecule has 3 N–H and O–H groups in total. The highest BCUT2D eigenvalue weighted by Gasteiger charge is 2.38. The highest BCUT2D eigenvalue weighted by Crippen LogP contribution is 2.32. The van der Waals surface area contributed by atoms with Gasteiger partial charge in [-0.15, -0.1) is 0 Å². The van der Waals surface area contributed by atoms with E-state index in [0.717, 1.165) is 68.1 Å². The van der Waals surface area contributed by atoms with Crippen LogP contribution in [0.25, 0.3) is 33.5 Å². The molecule has 0 atom stereocenters. The van der Waals surface area contributed by atoms with E-state index in [4.69, 9.17) is 15.0 Å². The van der Waals surface area contributed by atoms with Gasteiger partial charge in [0.1, 0.15) is 5.82 Å². The van der Waals surface area contributed by atoms with Gasteiger partial charge in [-0.2, -0.15) is 26.3 Å². The Morgan fingerprint density at radius 3 is 2.05 bits per heavy atom. The summed E-state index contributed by atoms with van der Waals surface area (Å²) in [4.78, 5) is 21.1. The second-order valence-electron chi connectivity index (χ2n) is 9.74. The Kier molecular flexibility index (Phi) is 9.54. The molecule has 7 nitrogen and oxygen atoms in total. The van der Waals surface area contributed by atoms with Crippen molar-refractivity contribution >= 4 is 17.0 Å². The van der Waals surface area contributed by atoms with Crippen LogP contribution in [0.2, 0.25) is 0 Å². The number of β-amino-alcohol motifs (C(OH)–C–C–N with tert-alkyl or cyclic N) is 1. The minimum Gasteiger partial charge on any atom is -0.475 e. The zero-order valence-corrected chi connectivity index (χ0v) is 22.2. The van der Waals surface area contributed by atoms with Crippen molar-refractivity contribution in [2.24, 2.45) is 0 Å². The van der Waals surface area contributed by atoms with Gasteiger partial charge in [-0.3, -0.25) is 9.80 Å². The molecular formula is C29H28F6N4O3. The molecule has 3 aromatic carbocycles. The molecule has 1 aliphatic heterocycles. The number of alkyl halides is 6. The maximum atomic E-state index is 13.0. The number of halogens is 6. The quantitative estimate of drug-likeness (QED) is 0.250. The van der Waals surface area contributed by atoms with E-state index < -0.39 is 23.9 Å². The number of fused-ring (bicyclic) bond motifs is 1. The summed E-state index contributed by atoms with van der Waals surface area (Å²) in [6.45, 7) is 5.78. The van der Waals surface area contributed by atoms with Gasteiger partial charge in [0.2, 0.25) is 0 Å². The van der Waals surface area contributed by atoms with E-state index in [1.807, 2.05) is 24.3 Å². The predicted molar refractivity (Wildman–Crippen MR) is 144 cm³/mol. The summed E-state index contributed by atoms with van der Waals surface area (Å²) in [7, 11) is 0. The fourth-order valence-electron chi connectivity index (χ4n) is 4.54. The third kappa shape index (κ3) is 8.08. The molecular weight excluding hydrogens is 566 g/mol. The lowest BCUT2D eigenvalue weighted by atomic mass is 10.0. The number of rotatable bonds is 6. The normalized spacial score (nSPS) is 14.9. The maximum Gasteiger partial charge on any atom is 0.490 e. The number of nitrogens with zero attached hydrogens (tertiary/aromatic N) is 3. The van der Waals surface area contributed by atoms with Crippen LogP contribution in [-0.4, -0.2) is 81.5 Å². The number of benzene rings is 3. The minimum absolute atomic E-state index is 0.206. The highest BCUT2D eigenvalue weighted by atomic mass is 19.4. The topological polar surface area (TPSA) is 92.7 Å². The number of carboxylic acid groups (broad SMARTS) is 1. The number of aliphatic hydroxyl groups is 1. The van der Waals surface area contributed by atoms with Crippen molar-refractivity contribution in [3.63, 3.8) is 0 Å². The van der Waals surface area contributed by atoms with Crippen molar-refractivity contribution in [2.75, 3.05) is 39.3 Å². The Labute approximate surface area is 237 Å². The average molecular weight is 595 g/mol. The van der Waals surface area contributed by atoms with Crippen molar-refractivity contribution in [2.45, 2.75) is 18.9 Å². The Bertz CT molecular complexity index is 1490. The van der Waals surface area contributed by atoms with Gasteiger partial charge in [0.25, 0.3) is 0 Å². The van der Waals surface area contributed by atoms with Gasteiger partial charge in [-0.25, -0.2) is 9.78 Å². The number of hydrogen-bond acceptors (Lipinski definition) is 5. The van der Waals surface area contributed by atoms with Gasteiger partial charge in [-0.05, 0) is 41.0 Å². The first-order valence-electron chi connectivity index (χ1n) is 13.0. The van der Waals surface area contributed by atoms with Crippen LogP contribution in [0.1, 0.15) is 11.1 Å². The number of nitrogens with one attached hydrogen (secondary N) is 1. The zero-order chi connectivity index (χ0) is 30.5. The van der Waals surface area contributed by atoms with Crippen LogP contribution >= 0.6 is 0 Å². The number of imidazole rings is 1. The van der Waals surface area contributed by atoms with Crippen molar-refractivity contribution in [1.29, 1.82) is 0 Å². The van der Waals surface area contributed by atoms with Gasteiger partial charge in [0, 0.05) is 44.8 Å². The molecule has 1 aromatic heterocycles. The predicted octanol–water partition coefficient (Wildman–Crippen LogP) is 5.66. The van der Waals surface area contributed by atoms with Crippen LogP contribution in [0.3, 0.4) is 0 Å². The van der Waals surface area contributed by atoms with Crippen molar-refractivity contribution < 1.29 is 41.4 Å². The van der Waals surface area contributed by atoms with Crippen LogP contribution in [0, 0.1) is 0 Å². The molecule has 0 amide bonds. The smallest absolute Gasteiger partial charge is 0.475 e. The second-order valence-corrected chi connectivity index (χ2v) is 9.74. The third-order valence-corrected chi connectivity index (χ3v) is 6.76. The number of carboxylic acids is 1. The zero-order valence-electron chi connectivity index (χ0n) is 22.2.